The number of rotatable bonds is 7. The van der Waals surface area contributed by atoms with Gasteiger partial charge in [-0.25, -0.2) is 4.98 Å². The number of carbonyl (C=O) groups is 1. The topological polar surface area (TPSA) is 64.1 Å². The van der Waals surface area contributed by atoms with E-state index in [9.17, 15) is 4.79 Å². The molecule has 5 heteroatoms. The molecule has 0 saturated heterocycles. The van der Waals surface area contributed by atoms with Crippen molar-refractivity contribution in [1.29, 1.82) is 0 Å². The molecule has 0 aliphatic carbocycles. The molecule has 132 valence electrons. The summed E-state index contributed by atoms with van der Waals surface area (Å²) < 4.78 is 5.08. The molecular weight excluding hydrogens is 326 g/mol. The molecule has 5 nitrogen and oxygen atoms in total. The summed E-state index contributed by atoms with van der Waals surface area (Å²) in [5.74, 6) is 0.619. The van der Waals surface area contributed by atoms with Gasteiger partial charge in [-0.3, -0.25) is 9.78 Å². The molecule has 0 atom stereocenters. The first-order chi connectivity index (χ1) is 12.7. The normalized spacial score (nSPS) is 10.3. The molecule has 3 aromatic rings. The lowest BCUT2D eigenvalue weighted by Gasteiger charge is -2.06. The van der Waals surface area contributed by atoms with Crippen LogP contribution in [0.4, 0.5) is 5.69 Å². The van der Waals surface area contributed by atoms with E-state index < -0.39 is 0 Å². The molecule has 0 radical (unpaired) electrons. The Balaban J connectivity index is 1.49. The minimum absolute atomic E-state index is 0.0129. The second-order valence-electron chi connectivity index (χ2n) is 5.93. The van der Waals surface area contributed by atoms with Crippen LogP contribution in [-0.4, -0.2) is 23.0 Å². The third-order valence-electron chi connectivity index (χ3n) is 4.05. The summed E-state index contributed by atoms with van der Waals surface area (Å²) in [6.07, 6.45) is 7.28. The van der Waals surface area contributed by atoms with E-state index in [1.165, 1.54) is 5.56 Å². The van der Waals surface area contributed by atoms with Crippen molar-refractivity contribution in [2.24, 2.45) is 0 Å². The van der Waals surface area contributed by atoms with Gasteiger partial charge in [0.15, 0.2) is 0 Å². The van der Waals surface area contributed by atoms with Gasteiger partial charge in [0.2, 0.25) is 11.8 Å². The highest BCUT2D eigenvalue weighted by atomic mass is 16.5. The zero-order valence-corrected chi connectivity index (χ0v) is 14.7. The van der Waals surface area contributed by atoms with Crippen molar-refractivity contribution in [3.63, 3.8) is 0 Å². The molecule has 0 saturated carbocycles. The summed E-state index contributed by atoms with van der Waals surface area (Å²) in [6.45, 7) is 0. The first kappa shape index (κ1) is 17.6. The second kappa shape index (κ2) is 8.76. The molecule has 0 unspecified atom stereocenters. The number of nitrogens with one attached hydrogen (secondary N) is 1. The molecule has 2 heterocycles. The van der Waals surface area contributed by atoms with Crippen LogP contribution in [0.1, 0.15) is 18.4 Å². The Hall–Kier alpha value is -3.21. The number of hydrogen-bond donors (Lipinski definition) is 1. The quantitative estimate of drug-likeness (QED) is 0.698. The first-order valence-corrected chi connectivity index (χ1v) is 8.54. The molecule has 1 aromatic carbocycles. The smallest absolute Gasteiger partial charge is 0.224 e. The zero-order chi connectivity index (χ0) is 18.2. The summed E-state index contributed by atoms with van der Waals surface area (Å²) >= 11 is 0. The van der Waals surface area contributed by atoms with Crippen LogP contribution in [0.5, 0.6) is 5.88 Å². The van der Waals surface area contributed by atoms with Crippen molar-refractivity contribution in [2.45, 2.75) is 19.3 Å². The Morgan fingerprint density at radius 1 is 1.04 bits per heavy atom. The van der Waals surface area contributed by atoms with E-state index in [4.69, 9.17) is 4.74 Å². The number of anilines is 1. The standard InChI is InChI=1S/C21H21N3O2/c1-26-21-12-11-18(14-23-21)17-9-7-16(8-10-17)4-2-6-20(25)24-19-5-3-13-22-15-19/h3,5,7-15H,2,4,6H2,1H3,(H,24,25). The molecule has 26 heavy (non-hydrogen) atoms. The molecule has 2 aromatic heterocycles. The van der Waals surface area contributed by atoms with Gasteiger partial charge in [0.25, 0.3) is 0 Å². The van der Waals surface area contributed by atoms with E-state index in [0.29, 0.717) is 12.3 Å². The van der Waals surface area contributed by atoms with E-state index >= 15 is 0 Å². The summed E-state index contributed by atoms with van der Waals surface area (Å²) in [7, 11) is 1.60. The monoisotopic (exact) mass is 347 g/mol. The Labute approximate surface area is 153 Å². The molecule has 0 aliphatic rings. The maximum absolute atomic E-state index is 11.9. The van der Waals surface area contributed by atoms with Crippen LogP contribution < -0.4 is 10.1 Å². The highest BCUT2D eigenvalue weighted by Crippen LogP contribution is 2.21. The Kier molecular flexibility index (Phi) is 5.93. The summed E-state index contributed by atoms with van der Waals surface area (Å²) in [5, 5.41) is 2.85. The number of aromatic nitrogens is 2. The van der Waals surface area contributed by atoms with Crippen LogP contribution >= 0.6 is 0 Å². The van der Waals surface area contributed by atoms with Crippen LogP contribution in [0.3, 0.4) is 0 Å². The molecule has 3 rings (SSSR count). The number of carbonyl (C=O) groups excluding carboxylic acids is 1. The molecule has 0 aliphatic heterocycles. The van der Waals surface area contributed by atoms with Crippen molar-refractivity contribution >= 4 is 11.6 Å². The highest BCUT2D eigenvalue weighted by molar-refractivity contribution is 5.90. The number of amides is 1. The van der Waals surface area contributed by atoms with E-state index in [2.05, 4.69) is 39.6 Å². The fourth-order valence-electron chi connectivity index (χ4n) is 2.65. The molecular formula is C21H21N3O2. The zero-order valence-electron chi connectivity index (χ0n) is 14.7. The summed E-state index contributed by atoms with van der Waals surface area (Å²) in [6, 6.07) is 15.8. The van der Waals surface area contributed by atoms with Gasteiger partial charge in [-0.1, -0.05) is 24.3 Å². The lowest BCUT2D eigenvalue weighted by Crippen LogP contribution is -2.11. The van der Waals surface area contributed by atoms with Crippen molar-refractivity contribution < 1.29 is 9.53 Å². The van der Waals surface area contributed by atoms with Crippen molar-refractivity contribution in [3.05, 3.63) is 72.7 Å². The lowest BCUT2D eigenvalue weighted by molar-refractivity contribution is -0.116. The van der Waals surface area contributed by atoms with E-state index in [1.54, 1.807) is 31.8 Å². The Morgan fingerprint density at radius 3 is 2.50 bits per heavy atom. The highest BCUT2D eigenvalue weighted by Gasteiger charge is 2.04. The van der Waals surface area contributed by atoms with E-state index in [0.717, 1.165) is 29.7 Å². The number of methoxy groups -OCH3 is 1. The average Bonchev–Trinajstić information content (AvgIpc) is 2.69. The van der Waals surface area contributed by atoms with E-state index in [1.807, 2.05) is 18.2 Å². The van der Waals surface area contributed by atoms with Gasteiger partial charge in [-0.2, -0.15) is 0 Å². The van der Waals surface area contributed by atoms with Gasteiger partial charge in [-0.15, -0.1) is 0 Å². The number of benzene rings is 1. The number of aryl methyl sites for hydroxylation is 1. The van der Waals surface area contributed by atoms with Crippen molar-refractivity contribution in [3.8, 4) is 17.0 Å². The van der Waals surface area contributed by atoms with Gasteiger partial charge in [0.1, 0.15) is 0 Å². The summed E-state index contributed by atoms with van der Waals surface area (Å²) in [5.41, 5.74) is 4.10. The minimum Gasteiger partial charge on any atom is -0.481 e. The Bertz CT molecular complexity index is 831. The second-order valence-corrected chi connectivity index (χ2v) is 5.93. The van der Waals surface area contributed by atoms with Gasteiger partial charge in [-0.05, 0) is 42.2 Å². The van der Waals surface area contributed by atoms with Crippen LogP contribution in [0.25, 0.3) is 11.1 Å². The first-order valence-electron chi connectivity index (χ1n) is 8.54. The summed E-state index contributed by atoms with van der Waals surface area (Å²) in [4.78, 5) is 20.1. The van der Waals surface area contributed by atoms with Crippen LogP contribution in [-0.2, 0) is 11.2 Å². The van der Waals surface area contributed by atoms with Gasteiger partial charge < -0.3 is 10.1 Å². The SMILES string of the molecule is COc1ccc(-c2ccc(CCCC(=O)Nc3cccnc3)cc2)cn1. The van der Waals surface area contributed by atoms with E-state index in [-0.39, 0.29) is 5.91 Å². The van der Waals surface area contributed by atoms with Crippen molar-refractivity contribution in [1.82, 2.24) is 9.97 Å². The predicted molar refractivity (Wildman–Crippen MR) is 102 cm³/mol. The minimum atomic E-state index is 0.0129. The molecule has 0 bridgehead atoms. The number of ether oxygens (including phenoxy) is 1. The number of hydrogen-bond acceptors (Lipinski definition) is 4. The van der Waals surface area contributed by atoms with Gasteiger partial charge in [0.05, 0.1) is 19.0 Å². The van der Waals surface area contributed by atoms with Crippen LogP contribution in [0.2, 0.25) is 0 Å². The third-order valence-corrected chi connectivity index (χ3v) is 4.05. The average molecular weight is 347 g/mol. The van der Waals surface area contributed by atoms with Crippen LogP contribution in [0, 0.1) is 0 Å². The third kappa shape index (κ3) is 4.89. The number of pyridine rings is 2. The fraction of sp³-hybridized carbons (Fsp3) is 0.190. The maximum Gasteiger partial charge on any atom is 0.224 e. The van der Waals surface area contributed by atoms with Gasteiger partial charge >= 0.3 is 0 Å². The van der Waals surface area contributed by atoms with Crippen molar-refractivity contribution in [2.75, 3.05) is 12.4 Å². The largest absolute Gasteiger partial charge is 0.481 e. The van der Waals surface area contributed by atoms with Crippen LogP contribution in [0.15, 0.2) is 67.1 Å². The maximum atomic E-state index is 11.9. The molecule has 0 fully saturated rings. The van der Waals surface area contributed by atoms with Gasteiger partial charge in [0, 0.05) is 30.4 Å². The number of nitrogens with zero attached hydrogens (tertiary/aromatic N) is 2. The Morgan fingerprint density at radius 2 is 1.85 bits per heavy atom. The molecule has 0 spiro atoms. The molecule has 1 N–H and O–H groups in total. The fourth-order valence-corrected chi connectivity index (χ4v) is 2.65. The predicted octanol–water partition coefficient (Wildman–Crippen LogP) is 4.11. The molecule has 1 amide bonds. The lowest BCUT2D eigenvalue weighted by atomic mass is 10.0.